The molecule has 0 bridgehead atoms. The number of carbonyl (C=O) groups is 1. The molecular weight excluding hydrogens is 288 g/mol. The lowest BCUT2D eigenvalue weighted by Crippen LogP contribution is -2.46. The fourth-order valence-electron chi connectivity index (χ4n) is 2.43. The Labute approximate surface area is 130 Å². The summed E-state index contributed by atoms with van der Waals surface area (Å²) in [6.45, 7) is 7.05. The average molecular weight is 312 g/mol. The van der Waals surface area contributed by atoms with E-state index < -0.39 is 5.60 Å². The number of aromatic nitrogens is 1. The van der Waals surface area contributed by atoms with Crippen LogP contribution in [0.5, 0.6) is 5.19 Å². The first kappa shape index (κ1) is 16.1. The van der Waals surface area contributed by atoms with Crippen LogP contribution in [0, 0.1) is 0 Å². The van der Waals surface area contributed by atoms with E-state index in [4.69, 9.17) is 9.47 Å². The molecule has 0 radical (unpaired) electrons. The molecule has 1 aliphatic heterocycles. The van der Waals surface area contributed by atoms with Crippen LogP contribution < -0.4 is 4.74 Å². The number of rotatable bonds is 4. The molecule has 0 aromatic carbocycles. The monoisotopic (exact) mass is 312 g/mol. The lowest BCUT2D eigenvalue weighted by atomic mass is 10.0. The molecule has 2 heterocycles. The molecule has 5 nitrogen and oxygen atoms in total. The Morgan fingerprint density at radius 3 is 2.95 bits per heavy atom. The second-order valence-corrected chi connectivity index (χ2v) is 7.12. The van der Waals surface area contributed by atoms with Gasteiger partial charge in [0.1, 0.15) is 5.60 Å². The Morgan fingerprint density at radius 1 is 1.48 bits per heavy atom. The number of piperidine rings is 1. The van der Waals surface area contributed by atoms with Crippen molar-refractivity contribution in [2.24, 2.45) is 0 Å². The quantitative estimate of drug-likeness (QED) is 0.850. The third-order valence-electron chi connectivity index (χ3n) is 3.34. The van der Waals surface area contributed by atoms with Gasteiger partial charge in [-0.05, 0) is 40.0 Å². The summed E-state index contributed by atoms with van der Waals surface area (Å²) in [5, 5.41) is 2.58. The van der Waals surface area contributed by atoms with E-state index in [0.29, 0.717) is 11.8 Å². The normalized spacial score (nSPS) is 19.4. The molecule has 118 valence electrons. The van der Waals surface area contributed by atoms with E-state index in [1.54, 1.807) is 6.20 Å². The lowest BCUT2D eigenvalue weighted by Gasteiger charge is -2.36. The van der Waals surface area contributed by atoms with Gasteiger partial charge in [-0.25, -0.2) is 9.78 Å². The zero-order valence-corrected chi connectivity index (χ0v) is 13.8. The smallest absolute Gasteiger partial charge is 0.410 e. The van der Waals surface area contributed by atoms with E-state index >= 15 is 0 Å². The van der Waals surface area contributed by atoms with Crippen LogP contribution in [0.15, 0.2) is 11.6 Å². The summed E-state index contributed by atoms with van der Waals surface area (Å²) < 4.78 is 11.1. The molecule has 1 unspecified atom stereocenters. The van der Waals surface area contributed by atoms with Crippen LogP contribution >= 0.6 is 11.3 Å². The van der Waals surface area contributed by atoms with Gasteiger partial charge in [-0.2, -0.15) is 0 Å². The molecule has 1 aromatic heterocycles. The van der Waals surface area contributed by atoms with Crippen LogP contribution in [0.1, 0.15) is 46.5 Å². The van der Waals surface area contributed by atoms with Crippen molar-refractivity contribution in [2.75, 3.05) is 13.2 Å². The average Bonchev–Trinajstić information content (AvgIpc) is 2.90. The highest BCUT2D eigenvalue weighted by atomic mass is 32.1. The first-order valence-electron chi connectivity index (χ1n) is 7.47. The second-order valence-electron chi connectivity index (χ2n) is 6.26. The minimum absolute atomic E-state index is 0.202. The van der Waals surface area contributed by atoms with Crippen molar-refractivity contribution in [3.8, 4) is 5.19 Å². The molecule has 21 heavy (non-hydrogen) atoms. The highest BCUT2D eigenvalue weighted by molar-refractivity contribution is 7.11. The first-order chi connectivity index (χ1) is 9.96. The predicted octanol–water partition coefficient (Wildman–Crippen LogP) is 3.70. The van der Waals surface area contributed by atoms with E-state index in [0.717, 1.165) is 32.2 Å². The van der Waals surface area contributed by atoms with Gasteiger partial charge in [-0.3, -0.25) is 0 Å². The van der Waals surface area contributed by atoms with Gasteiger partial charge in [0.15, 0.2) is 0 Å². The molecule has 1 aliphatic rings. The highest BCUT2D eigenvalue weighted by Gasteiger charge is 2.30. The number of carbonyl (C=O) groups excluding carboxylic acids is 1. The fraction of sp³-hybridized carbons (Fsp3) is 0.733. The molecule has 1 atom stereocenters. The maximum atomic E-state index is 12.3. The lowest BCUT2D eigenvalue weighted by molar-refractivity contribution is 0.00743. The summed E-state index contributed by atoms with van der Waals surface area (Å²) in [6.07, 6.45) is 5.55. The number of hydrogen-bond acceptors (Lipinski definition) is 5. The number of hydrogen-bond donors (Lipinski definition) is 0. The Kier molecular flexibility index (Phi) is 5.45. The summed E-state index contributed by atoms with van der Waals surface area (Å²) in [5.41, 5.74) is -0.448. The predicted molar refractivity (Wildman–Crippen MR) is 82.8 cm³/mol. The molecule has 6 heteroatoms. The minimum atomic E-state index is -0.448. The van der Waals surface area contributed by atoms with Crippen LogP contribution in [0.2, 0.25) is 0 Å². The van der Waals surface area contributed by atoms with Gasteiger partial charge in [-0.15, -0.1) is 0 Å². The third kappa shape index (κ3) is 5.19. The molecule has 2 rings (SSSR count). The standard InChI is InChI=1S/C15H24N2O3S/c1-15(2,3)20-14(18)17-9-5-4-6-12(17)7-10-19-13-16-8-11-21-13/h8,11-12H,4-7,9-10H2,1-3H3. The van der Waals surface area contributed by atoms with E-state index in [1.807, 2.05) is 31.1 Å². The summed E-state index contributed by atoms with van der Waals surface area (Å²) in [5.74, 6) is 0. The Balaban J connectivity index is 1.84. The van der Waals surface area contributed by atoms with Crippen molar-refractivity contribution in [1.82, 2.24) is 9.88 Å². The van der Waals surface area contributed by atoms with Crippen LogP contribution in [-0.2, 0) is 4.74 Å². The van der Waals surface area contributed by atoms with E-state index in [9.17, 15) is 4.79 Å². The van der Waals surface area contributed by atoms with Crippen LogP contribution in [-0.4, -0.2) is 40.8 Å². The van der Waals surface area contributed by atoms with Gasteiger partial charge in [0.2, 0.25) is 0 Å². The van der Waals surface area contributed by atoms with E-state index in [2.05, 4.69) is 4.98 Å². The number of nitrogens with zero attached hydrogens (tertiary/aromatic N) is 2. The SMILES string of the molecule is CC(C)(C)OC(=O)N1CCCCC1CCOc1nccs1. The zero-order chi connectivity index (χ0) is 15.3. The highest BCUT2D eigenvalue weighted by Crippen LogP contribution is 2.23. The largest absolute Gasteiger partial charge is 0.470 e. The van der Waals surface area contributed by atoms with E-state index in [-0.39, 0.29) is 12.1 Å². The number of thiazole rings is 1. The van der Waals surface area contributed by atoms with Gasteiger partial charge >= 0.3 is 6.09 Å². The molecule has 1 saturated heterocycles. The molecule has 1 aromatic rings. The molecule has 1 amide bonds. The summed E-state index contributed by atoms with van der Waals surface area (Å²) in [6, 6.07) is 0.202. The van der Waals surface area contributed by atoms with Crippen LogP contribution in [0.25, 0.3) is 0 Å². The van der Waals surface area contributed by atoms with Crippen molar-refractivity contribution >= 4 is 17.4 Å². The van der Waals surface area contributed by atoms with Crippen LogP contribution in [0.4, 0.5) is 4.79 Å². The van der Waals surface area contributed by atoms with Gasteiger partial charge < -0.3 is 14.4 Å². The number of likely N-dealkylation sites (tertiary alicyclic amines) is 1. The Morgan fingerprint density at radius 2 is 2.29 bits per heavy atom. The number of ether oxygens (including phenoxy) is 2. The molecule has 0 N–H and O–H groups in total. The zero-order valence-electron chi connectivity index (χ0n) is 13.0. The van der Waals surface area contributed by atoms with Crippen molar-refractivity contribution in [1.29, 1.82) is 0 Å². The molecular formula is C15H24N2O3S. The molecule has 1 fully saturated rings. The molecule has 0 spiro atoms. The van der Waals surface area contributed by atoms with Crippen LogP contribution in [0.3, 0.4) is 0 Å². The van der Waals surface area contributed by atoms with Gasteiger partial charge in [0.25, 0.3) is 5.19 Å². The van der Waals surface area contributed by atoms with Gasteiger partial charge in [-0.1, -0.05) is 11.3 Å². The van der Waals surface area contributed by atoms with Crippen molar-refractivity contribution in [3.05, 3.63) is 11.6 Å². The van der Waals surface area contributed by atoms with Gasteiger partial charge in [0.05, 0.1) is 6.61 Å². The van der Waals surface area contributed by atoms with Crippen molar-refractivity contribution in [3.63, 3.8) is 0 Å². The van der Waals surface area contributed by atoms with Crippen molar-refractivity contribution in [2.45, 2.75) is 58.1 Å². The second kappa shape index (κ2) is 7.11. The minimum Gasteiger partial charge on any atom is -0.470 e. The van der Waals surface area contributed by atoms with Crippen molar-refractivity contribution < 1.29 is 14.3 Å². The number of amides is 1. The third-order valence-corrected chi connectivity index (χ3v) is 4.02. The maximum absolute atomic E-state index is 12.3. The Bertz CT molecular complexity index is 442. The fourth-order valence-corrected chi connectivity index (χ4v) is 2.94. The molecule has 0 saturated carbocycles. The summed E-state index contributed by atoms with van der Waals surface area (Å²) >= 11 is 1.49. The van der Waals surface area contributed by atoms with Gasteiger partial charge in [0, 0.05) is 30.6 Å². The first-order valence-corrected chi connectivity index (χ1v) is 8.35. The summed E-state index contributed by atoms with van der Waals surface area (Å²) in [4.78, 5) is 18.2. The molecule has 0 aliphatic carbocycles. The topological polar surface area (TPSA) is 51.7 Å². The summed E-state index contributed by atoms with van der Waals surface area (Å²) in [7, 11) is 0. The van der Waals surface area contributed by atoms with E-state index in [1.165, 1.54) is 11.3 Å². The maximum Gasteiger partial charge on any atom is 0.410 e. The Hall–Kier alpha value is -1.30.